The Balaban J connectivity index is 2.09. The zero-order valence-electron chi connectivity index (χ0n) is 11.7. The van der Waals surface area contributed by atoms with Gasteiger partial charge >= 0.3 is 0 Å². The van der Waals surface area contributed by atoms with Crippen LogP contribution in [0.5, 0.6) is 0 Å². The highest BCUT2D eigenvalue weighted by Crippen LogP contribution is 2.31. The number of rotatable bonds is 4. The first kappa shape index (κ1) is 16.4. The van der Waals surface area contributed by atoms with Crippen molar-refractivity contribution in [1.82, 2.24) is 9.80 Å². The maximum atomic E-state index is 12.1. The standard InChI is InChI=1S/C13H16N2O3S3/c1-8(6-10-14(2)3-4-20-10)5-9-12(18)15(7-11(16)17)13(19)21-9/h5-6,9H,3-4,7H2,1-2H3,(H,16,17)/p-1/b8-5+,10-6-. The average Bonchev–Trinajstić information content (AvgIpc) is 2.89. The van der Waals surface area contributed by atoms with Gasteiger partial charge in [0.1, 0.15) is 9.57 Å². The van der Waals surface area contributed by atoms with Gasteiger partial charge in [0.2, 0.25) is 5.91 Å². The zero-order chi connectivity index (χ0) is 15.6. The molecule has 0 saturated carbocycles. The highest BCUT2D eigenvalue weighted by molar-refractivity contribution is 8.24. The minimum absolute atomic E-state index is 0.290. The predicted molar refractivity (Wildman–Crippen MR) is 87.6 cm³/mol. The van der Waals surface area contributed by atoms with E-state index in [2.05, 4.69) is 4.90 Å². The molecule has 1 atom stereocenters. The lowest BCUT2D eigenvalue weighted by atomic mass is 10.2. The third-order valence-electron chi connectivity index (χ3n) is 3.06. The number of amides is 1. The van der Waals surface area contributed by atoms with E-state index < -0.39 is 17.8 Å². The summed E-state index contributed by atoms with van der Waals surface area (Å²) in [4.78, 5) is 26.0. The Morgan fingerprint density at radius 1 is 1.57 bits per heavy atom. The summed E-state index contributed by atoms with van der Waals surface area (Å²) < 4.78 is 0.290. The lowest BCUT2D eigenvalue weighted by molar-refractivity contribution is -0.305. The van der Waals surface area contributed by atoms with Crippen molar-refractivity contribution in [2.24, 2.45) is 0 Å². The van der Waals surface area contributed by atoms with Gasteiger partial charge in [-0.2, -0.15) is 0 Å². The average molecular weight is 343 g/mol. The monoisotopic (exact) mass is 343 g/mol. The van der Waals surface area contributed by atoms with Crippen LogP contribution in [0.1, 0.15) is 6.92 Å². The summed E-state index contributed by atoms with van der Waals surface area (Å²) in [6.45, 7) is 2.47. The molecular formula is C13H15N2O3S3-. The van der Waals surface area contributed by atoms with E-state index in [0.29, 0.717) is 4.32 Å². The molecule has 0 aromatic rings. The molecule has 2 saturated heterocycles. The summed E-state index contributed by atoms with van der Waals surface area (Å²) in [5.41, 5.74) is 0.968. The zero-order valence-corrected chi connectivity index (χ0v) is 14.1. The van der Waals surface area contributed by atoms with Crippen LogP contribution in [0.25, 0.3) is 0 Å². The van der Waals surface area contributed by atoms with E-state index in [1.54, 1.807) is 11.8 Å². The third-order valence-corrected chi connectivity index (χ3v) is 5.70. The fourth-order valence-corrected chi connectivity index (χ4v) is 4.61. The number of carbonyl (C=O) groups excluding carboxylic acids is 2. The molecule has 0 spiro atoms. The van der Waals surface area contributed by atoms with Crippen LogP contribution in [-0.2, 0) is 9.59 Å². The van der Waals surface area contributed by atoms with E-state index in [9.17, 15) is 14.7 Å². The number of hydrogen-bond acceptors (Lipinski definition) is 7. The number of aliphatic carboxylic acids is 1. The van der Waals surface area contributed by atoms with Crippen LogP contribution in [0.3, 0.4) is 0 Å². The molecule has 2 heterocycles. The molecule has 1 amide bonds. The smallest absolute Gasteiger partial charge is 0.245 e. The highest BCUT2D eigenvalue weighted by Gasteiger charge is 2.35. The molecule has 2 fully saturated rings. The number of hydrogen-bond donors (Lipinski definition) is 0. The van der Waals surface area contributed by atoms with Crippen molar-refractivity contribution in [3.8, 4) is 0 Å². The first-order valence-electron chi connectivity index (χ1n) is 6.34. The Morgan fingerprint density at radius 3 is 2.86 bits per heavy atom. The number of carboxylic acids is 1. The van der Waals surface area contributed by atoms with Crippen molar-refractivity contribution >= 4 is 51.9 Å². The quantitative estimate of drug-likeness (QED) is 0.686. The molecule has 0 aromatic carbocycles. The molecule has 0 radical (unpaired) electrons. The number of carboxylic acid groups (broad SMARTS) is 1. The van der Waals surface area contributed by atoms with Crippen molar-refractivity contribution in [3.05, 3.63) is 22.8 Å². The fraction of sp³-hybridized carbons (Fsp3) is 0.462. The molecule has 5 nitrogen and oxygen atoms in total. The second kappa shape index (κ2) is 6.85. The Bertz CT molecular complexity index is 545. The summed E-state index contributed by atoms with van der Waals surface area (Å²) in [5.74, 6) is -0.533. The van der Waals surface area contributed by atoms with Crippen molar-refractivity contribution in [3.63, 3.8) is 0 Å². The molecule has 2 aliphatic rings. The van der Waals surface area contributed by atoms with Gasteiger partial charge in [-0.05, 0) is 13.0 Å². The minimum Gasteiger partial charge on any atom is -0.548 e. The molecule has 0 bridgehead atoms. The second-order valence-corrected chi connectivity index (χ2v) is 7.65. The summed E-state index contributed by atoms with van der Waals surface area (Å²) in [6.07, 6.45) is 3.87. The SMILES string of the molecule is CC(/C=C1\SCCN1C)=C\C1SC(=S)N(CC(=O)[O-])C1=O. The predicted octanol–water partition coefficient (Wildman–Crippen LogP) is 0.431. The second-order valence-electron chi connectivity index (χ2n) is 4.76. The van der Waals surface area contributed by atoms with Crippen molar-refractivity contribution < 1.29 is 14.7 Å². The molecule has 0 N–H and O–H groups in total. The van der Waals surface area contributed by atoms with E-state index >= 15 is 0 Å². The molecular weight excluding hydrogens is 328 g/mol. The van der Waals surface area contributed by atoms with Crippen molar-refractivity contribution in [2.75, 3.05) is 25.9 Å². The minimum atomic E-state index is -1.31. The Labute approximate surface area is 137 Å². The van der Waals surface area contributed by atoms with E-state index in [4.69, 9.17) is 12.2 Å². The van der Waals surface area contributed by atoms with Gasteiger partial charge in [-0.3, -0.25) is 9.69 Å². The first-order valence-corrected chi connectivity index (χ1v) is 8.61. The van der Waals surface area contributed by atoms with Crippen LogP contribution in [0.2, 0.25) is 0 Å². The van der Waals surface area contributed by atoms with Crippen LogP contribution in [-0.4, -0.2) is 57.1 Å². The normalized spacial score (nSPS) is 25.3. The summed E-state index contributed by atoms with van der Waals surface area (Å²) in [6, 6.07) is 0. The maximum Gasteiger partial charge on any atom is 0.245 e. The number of thiocarbonyl (C=S) groups is 1. The molecule has 114 valence electrons. The molecule has 0 aliphatic carbocycles. The van der Waals surface area contributed by atoms with Gasteiger partial charge in [-0.1, -0.05) is 35.6 Å². The fourth-order valence-electron chi connectivity index (χ4n) is 1.98. The summed E-state index contributed by atoms with van der Waals surface area (Å²) in [7, 11) is 2.03. The van der Waals surface area contributed by atoms with Crippen LogP contribution in [0.4, 0.5) is 0 Å². The first-order chi connectivity index (χ1) is 9.88. The molecule has 1 unspecified atom stereocenters. The molecule has 8 heteroatoms. The van der Waals surface area contributed by atoms with E-state index in [-0.39, 0.29) is 5.91 Å². The van der Waals surface area contributed by atoms with E-state index in [0.717, 1.165) is 22.8 Å². The lowest BCUT2D eigenvalue weighted by Crippen LogP contribution is -2.41. The van der Waals surface area contributed by atoms with E-state index in [1.807, 2.05) is 26.1 Å². The van der Waals surface area contributed by atoms with Gasteiger partial charge in [-0.25, -0.2) is 0 Å². The summed E-state index contributed by atoms with van der Waals surface area (Å²) >= 11 is 8.03. The number of nitrogens with zero attached hydrogens (tertiary/aromatic N) is 2. The molecule has 21 heavy (non-hydrogen) atoms. The molecule has 2 aliphatic heterocycles. The van der Waals surface area contributed by atoms with Gasteiger partial charge in [0, 0.05) is 19.3 Å². The van der Waals surface area contributed by atoms with Gasteiger partial charge in [0.25, 0.3) is 0 Å². The Hall–Kier alpha value is -0.990. The van der Waals surface area contributed by atoms with Crippen LogP contribution in [0, 0.1) is 0 Å². The molecule has 0 aromatic heterocycles. The van der Waals surface area contributed by atoms with Gasteiger partial charge < -0.3 is 14.8 Å². The largest absolute Gasteiger partial charge is 0.548 e. The number of carbonyl (C=O) groups is 2. The lowest BCUT2D eigenvalue weighted by Gasteiger charge is -2.15. The van der Waals surface area contributed by atoms with Gasteiger partial charge in [-0.15, -0.1) is 11.8 Å². The Kier molecular flexibility index (Phi) is 5.34. The third kappa shape index (κ3) is 4.02. The van der Waals surface area contributed by atoms with Crippen molar-refractivity contribution in [2.45, 2.75) is 12.2 Å². The van der Waals surface area contributed by atoms with Crippen LogP contribution < -0.4 is 5.11 Å². The van der Waals surface area contributed by atoms with Crippen molar-refractivity contribution in [1.29, 1.82) is 0 Å². The van der Waals surface area contributed by atoms with Crippen LogP contribution in [0.15, 0.2) is 22.8 Å². The number of thioether (sulfide) groups is 2. The van der Waals surface area contributed by atoms with Gasteiger partial charge in [0.05, 0.1) is 17.5 Å². The Morgan fingerprint density at radius 2 is 2.29 bits per heavy atom. The summed E-state index contributed by atoms with van der Waals surface area (Å²) in [5, 5.41) is 11.4. The highest BCUT2D eigenvalue weighted by atomic mass is 32.2. The topological polar surface area (TPSA) is 63.7 Å². The van der Waals surface area contributed by atoms with E-state index in [1.165, 1.54) is 16.8 Å². The molecule has 2 rings (SSSR count). The maximum absolute atomic E-state index is 12.1. The van der Waals surface area contributed by atoms with Gasteiger partial charge in [0.15, 0.2) is 0 Å². The van der Waals surface area contributed by atoms with Crippen LogP contribution >= 0.6 is 35.7 Å². The number of allylic oxidation sites excluding steroid dienone is 2.